The molecule has 100 valence electrons. The molecule has 0 saturated carbocycles. The topological polar surface area (TPSA) is 44.5 Å². The zero-order valence-corrected chi connectivity index (χ0v) is 11.3. The van der Waals surface area contributed by atoms with Gasteiger partial charge in [0.1, 0.15) is 17.2 Å². The van der Waals surface area contributed by atoms with E-state index in [1.54, 1.807) is 0 Å². The fourth-order valence-corrected chi connectivity index (χ4v) is 1.87. The number of para-hydroxylation sites is 1. The van der Waals surface area contributed by atoms with Crippen LogP contribution in [-0.2, 0) is 0 Å². The molecule has 2 N–H and O–H groups in total. The fraction of sp³-hybridized carbons (Fsp3) is 0.250. The molecular formula is C16H19NO2. The van der Waals surface area contributed by atoms with Gasteiger partial charge >= 0.3 is 0 Å². The van der Waals surface area contributed by atoms with Gasteiger partial charge in [0.05, 0.1) is 6.61 Å². The highest BCUT2D eigenvalue weighted by molar-refractivity contribution is 5.41. The molecule has 2 rings (SSSR count). The summed E-state index contributed by atoms with van der Waals surface area (Å²) in [5.74, 6) is 2.34. The predicted octanol–water partition coefficient (Wildman–Crippen LogP) is 3.90. The Morgan fingerprint density at radius 1 is 1.05 bits per heavy atom. The molecular weight excluding hydrogens is 238 g/mol. The van der Waals surface area contributed by atoms with Crippen molar-refractivity contribution in [1.82, 2.24) is 0 Å². The highest BCUT2D eigenvalue weighted by Crippen LogP contribution is 2.30. The number of rotatable bonds is 5. The Bertz CT molecular complexity index is 538. The Balaban J connectivity index is 2.23. The van der Waals surface area contributed by atoms with Gasteiger partial charge in [-0.15, -0.1) is 0 Å². The summed E-state index contributed by atoms with van der Waals surface area (Å²) in [5, 5.41) is 0. The maximum absolute atomic E-state index is 5.94. The predicted molar refractivity (Wildman–Crippen MR) is 76.7 cm³/mol. The van der Waals surface area contributed by atoms with Gasteiger partial charge in [0.25, 0.3) is 0 Å². The molecule has 2 aromatic carbocycles. The van der Waals surface area contributed by atoms with Gasteiger partial charge in [0.2, 0.25) is 0 Å². The van der Waals surface area contributed by atoms with Crippen molar-refractivity contribution in [2.45, 2.75) is 19.9 Å². The molecule has 3 heteroatoms. The van der Waals surface area contributed by atoms with Crippen LogP contribution in [-0.4, -0.2) is 6.61 Å². The van der Waals surface area contributed by atoms with Crippen LogP contribution in [0.25, 0.3) is 0 Å². The third-order valence-electron chi connectivity index (χ3n) is 2.75. The average Bonchev–Trinajstić information content (AvgIpc) is 2.40. The first-order valence-corrected chi connectivity index (χ1v) is 6.46. The number of ether oxygens (including phenoxy) is 2. The van der Waals surface area contributed by atoms with Gasteiger partial charge in [-0.2, -0.15) is 0 Å². The third-order valence-corrected chi connectivity index (χ3v) is 2.75. The monoisotopic (exact) mass is 257 g/mol. The quantitative estimate of drug-likeness (QED) is 0.883. The Hall–Kier alpha value is -2.00. The lowest BCUT2D eigenvalue weighted by atomic mass is 10.1. The first kappa shape index (κ1) is 13.4. The van der Waals surface area contributed by atoms with E-state index in [1.165, 1.54) is 0 Å². The molecule has 1 atom stereocenters. The number of hydrogen-bond acceptors (Lipinski definition) is 3. The Kier molecular flexibility index (Phi) is 4.42. The highest BCUT2D eigenvalue weighted by atomic mass is 16.5. The summed E-state index contributed by atoms with van der Waals surface area (Å²) in [5.41, 5.74) is 6.93. The standard InChI is InChI=1S/C16H19NO2/c1-3-18-13-7-6-8-14(11-13)19-16-10-5-4-9-15(16)12(2)17/h4-12H,3,17H2,1-2H3/t12-/m1/s1. The minimum Gasteiger partial charge on any atom is -0.494 e. The van der Waals surface area contributed by atoms with E-state index >= 15 is 0 Å². The molecule has 0 aliphatic carbocycles. The lowest BCUT2D eigenvalue weighted by molar-refractivity contribution is 0.338. The second kappa shape index (κ2) is 6.25. The van der Waals surface area contributed by atoms with E-state index in [0.29, 0.717) is 6.61 Å². The van der Waals surface area contributed by atoms with E-state index in [2.05, 4.69) is 0 Å². The fourth-order valence-electron chi connectivity index (χ4n) is 1.87. The first-order chi connectivity index (χ1) is 9.20. The van der Waals surface area contributed by atoms with E-state index in [0.717, 1.165) is 22.8 Å². The van der Waals surface area contributed by atoms with Gasteiger partial charge in [0.15, 0.2) is 0 Å². The van der Waals surface area contributed by atoms with Crippen LogP contribution in [0, 0.1) is 0 Å². The number of nitrogens with two attached hydrogens (primary N) is 1. The van der Waals surface area contributed by atoms with Crippen molar-refractivity contribution in [3.63, 3.8) is 0 Å². The molecule has 0 fully saturated rings. The minimum atomic E-state index is -0.0636. The molecule has 2 aromatic rings. The second-order valence-corrected chi connectivity index (χ2v) is 4.34. The molecule has 0 bridgehead atoms. The van der Waals surface area contributed by atoms with Crippen molar-refractivity contribution < 1.29 is 9.47 Å². The molecule has 3 nitrogen and oxygen atoms in total. The molecule has 0 spiro atoms. The van der Waals surface area contributed by atoms with Crippen LogP contribution in [0.3, 0.4) is 0 Å². The van der Waals surface area contributed by atoms with Gasteiger partial charge < -0.3 is 15.2 Å². The van der Waals surface area contributed by atoms with Crippen LogP contribution in [0.1, 0.15) is 25.5 Å². The van der Waals surface area contributed by atoms with Crippen LogP contribution >= 0.6 is 0 Å². The van der Waals surface area contributed by atoms with Crippen molar-refractivity contribution in [3.05, 3.63) is 54.1 Å². The maximum Gasteiger partial charge on any atom is 0.132 e. The molecule has 0 unspecified atom stereocenters. The van der Waals surface area contributed by atoms with Gasteiger partial charge in [0, 0.05) is 17.7 Å². The summed E-state index contributed by atoms with van der Waals surface area (Å²) in [6.07, 6.45) is 0. The molecule has 0 aliphatic rings. The smallest absolute Gasteiger partial charge is 0.132 e. The van der Waals surface area contributed by atoms with Crippen molar-refractivity contribution in [2.75, 3.05) is 6.61 Å². The van der Waals surface area contributed by atoms with Crippen LogP contribution in [0.2, 0.25) is 0 Å². The van der Waals surface area contributed by atoms with Crippen molar-refractivity contribution in [3.8, 4) is 17.2 Å². The van der Waals surface area contributed by atoms with Gasteiger partial charge in [-0.05, 0) is 32.0 Å². The van der Waals surface area contributed by atoms with Crippen LogP contribution in [0.5, 0.6) is 17.2 Å². The molecule has 0 radical (unpaired) electrons. The van der Waals surface area contributed by atoms with E-state index < -0.39 is 0 Å². The molecule has 0 aromatic heterocycles. The van der Waals surface area contributed by atoms with Crippen molar-refractivity contribution in [2.24, 2.45) is 5.73 Å². The lowest BCUT2D eigenvalue weighted by Gasteiger charge is -2.14. The van der Waals surface area contributed by atoms with Gasteiger partial charge in [-0.1, -0.05) is 24.3 Å². The van der Waals surface area contributed by atoms with E-state index in [9.17, 15) is 0 Å². The molecule has 0 heterocycles. The first-order valence-electron chi connectivity index (χ1n) is 6.46. The molecule has 0 aliphatic heterocycles. The van der Waals surface area contributed by atoms with E-state index in [-0.39, 0.29) is 6.04 Å². The van der Waals surface area contributed by atoms with E-state index in [4.69, 9.17) is 15.2 Å². The number of benzene rings is 2. The summed E-state index contributed by atoms with van der Waals surface area (Å²) >= 11 is 0. The van der Waals surface area contributed by atoms with Crippen molar-refractivity contribution in [1.29, 1.82) is 0 Å². The van der Waals surface area contributed by atoms with Gasteiger partial charge in [-0.25, -0.2) is 0 Å². The molecule has 19 heavy (non-hydrogen) atoms. The molecule has 0 amide bonds. The van der Waals surface area contributed by atoms with Crippen molar-refractivity contribution >= 4 is 0 Å². The summed E-state index contributed by atoms with van der Waals surface area (Å²) in [6, 6.07) is 15.3. The summed E-state index contributed by atoms with van der Waals surface area (Å²) < 4.78 is 11.4. The van der Waals surface area contributed by atoms with Gasteiger partial charge in [-0.3, -0.25) is 0 Å². The Morgan fingerprint density at radius 2 is 1.79 bits per heavy atom. The number of hydrogen-bond donors (Lipinski definition) is 1. The van der Waals surface area contributed by atoms with Crippen LogP contribution < -0.4 is 15.2 Å². The summed E-state index contributed by atoms with van der Waals surface area (Å²) in [6.45, 7) is 4.54. The molecule has 0 saturated heterocycles. The Labute approximate surface area is 114 Å². The largest absolute Gasteiger partial charge is 0.494 e. The minimum absolute atomic E-state index is 0.0636. The highest BCUT2D eigenvalue weighted by Gasteiger charge is 2.08. The normalized spacial score (nSPS) is 11.9. The maximum atomic E-state index is 5.94. The summed E-state index contributed by atoms with van der Waals surface area (Å²) in [4.78, 5) is 0. The van der Waals surface area contributed by atoms with E-state index in [1.807, 2.05) is 62.4 Å². The average molecular weight is 257 g/mol. The summed E-state index contributed by atoms with van der Waals surface area (Å²) in [7, 11) is 0. The Morgan fingerprint density at radius 3 is 2.53 bits per heavy atom. The SMILES string of the molecule is CCOc1cccc(Oc2ccccc2[C@@H](C)N)c1. The third kappa shape index (κ3) is 3.48. The van der Waals surface area contributed by atoms with Crippen LogP contribution in [0.15, 0.2) is 48.5 Å². The second-order valence-electron chi connectivity index (χ2n) is 4.34. The van der Waals surface area contributed by atoms with Crippen LogP contribution in [0.4, 0.5) is 0 Å². The lowest BCUT2D eigenvalue weighted by Crippen LogP contribution is -2.06. The zero-order chi connectivity index (χ0) is 13.7. The zero-order valence-electron chi connectivity index (χ0n) is 11.3.